The molecule has 0 bridgehead atoms. The molecule has 1 aromatic carbocycles. The third kappa shape index (κ3) is 4.11. The highest BCUT2D eigenvalue weighted by Gasteiger charge is 2.26. The number of rotatable bonds is 4. The molecule has 0 saturated carbocycles. The first kappa shape index (κ1) is 17.1. The first-order valence-corrected chi connectivity index (χ1v) is 9.04. The van der Waals surface area contributed by atoms with Crippen LogP contribution in [0.5, 0.6) is 11.6 Å². The van der Waals surface area contributed by atoms with Crippen molar-refractivity contribution in [1.82, 2.24) is 19.9 Å². The van der Waals surface area contributed by atoms with E-state index in [2.05, 4.69) is 15.0 Å². The first-order chi connectivity index (χ1) is 13.3. The van der Waals surface area contributed by atoms with Gasteiger partial charge in [-0.3, -0.25) is 14.8 Å². The molecule has 136 valence electrons. The van der Waals surface area contributed by atoms with E-state index in [4.69, 9.17) is 4.74 Å². The van der Waals surface area contributed by atoms with Crippen molar-refractivity contribution in [2.45, 2.75) is 18.8 Å². The molecule has 3 heterocycles. The zero-order valence-electron chi connectivity index (χ0n) is 14.9. The summed E-state index contributed by atoms with van der Waals surface area (Å²) in [6.45, 7) is 1.38. The number of nitrogens with zero attached hydrogens (tertiary/aromatic N) is 4. The van der Waals surface area contributed by atoms with Crippen LogP contribution < -0.4 is 4.74 Å². The molecule has 1 fully saturated rings. The minimum absolute atomic E-state index is 0.0340. The number of hydrogen-bond acceptors (Lipinski definition) is 5. The van der Waals surface area contributed by atoms with Gasteiger partial charge in [0.2, 0.25) is 5.88 Å². The van der Waals surface area contributed by atoms with E-state index in [0.717, 1.165) is 30.8 Å². The predicted octanol–water partition coefficient (Wildman–Crippen LogP) is 3.68. The van der Waals surface area contributed by atoms with Crippen molar-refractivity contribution in [3.05, 3.63) is 78.5 Å². The number of carbonyl (C=O) groups excluding carboxylic acids is 1. The molecule has 1 unspecified atom stereocenters. The number of carbonyl (C=O) groups is 1. The van der Waals surface area contributed by atoms with Gasteiger partial charge in [-0.05, 0) is 37.1 Å². The van der Waals surface area contributed by atoms with Gasteiger partial charge in [0, 0.05) is 43.2 Å². The molecule has 1 atom stereocenters. The second kappa shape index (κ2) is 7.95. The normalized spacial score (nSPS) is 16.7. The third-order valence-electron chi connectivity index (χ3n) is 4.65. The van der Waals surface area contributed by atoms with Crippen LogP contribution in [0.15, 0.2) is 67.3 Å². The fourth-order valence-electron chi connectivity index (χ4n) is 3.30. The maximum atomic E-state index is 12.7. The van der Waals surface area contributed by atoms with Crippen molar-refractivity contribution in [2.75, 3.05) is 13.1 Å². The average Bonchev–Trinajstić information content (AvgIpc) is 2.75. The fraction of sp³-hybridized carbons (Fsp3) is 0.238. The Morgan fingerprint density at radius 2 is 1.85 bits per heavy atom. The van der Waals surface area contributed by atoms with Gasteiger partial charge in [-0.15, -0.1) is 0 Å². The number of ether oxygens (including phenoxy) is 1. The van der Waals surface area contributed by atoms with E-state index in [1.807, 2.05) is 35.2 Å². The summed E-state index contributed by atoms with van der Waals surface area (Å²) in [5.74, 6) is 1.38. The van der Waals surface area contributed by atoms with E-state index in [0.29, 0.717) is 18.0 Å². The summed E-state index contributed by atoms with van der Waals surface area (Å²) in [6.07, 6.45) is 8.58. The Morgan fingerprint density at radius 1 is 1.04 bits per heavy atom. The first-order valence-electron chi connectivity index (χ1n) is 9.04. The summed E-state index contributed by atoms with van der Waals surface area (Å²) in [4.78, 5) is 27.5. The lowest BCUT2D eigenvalue weighted by molar-refractivity contribution is 0.0705. The van der Waals surface area contributed by atoms with Crippen molar-refractivity contribution in [1.29, 1.82) is 0 Å². The Bertz CT molecular complexity index is 902. The van der Waals surface area contributed by atoms with E-state index in [-0.39, 0.29) is 11.8 Å². The molecule has 4 rings (SSSR count). The van der Waals surface area contributed by atoms with E-state index < -0.39 is 0 Å². The Hall–Kier alpha value is -3.28. The second-order valence-corrected chi connectivity index (χ2v) is 6.52. The highest BCUT2D eigenvalue weighted by atomic mass is 16.5. The van der Waals surface area contributed by atoms with Crippen molar-refractivity contribution < 1.29 is 9.53 Å². The van der Waals surface area contributed by atoms with Gasteiger partial charge >= 0.3 is 0 Å². The minimum atomic E-state index is 0.0340. The Morgan fingerprint density at radius 3 is 2.67 bits per heavy atom. The molecular weight excluding hydrogens is 340 g/mol. The smallest absolute Gasteiger partial charge is 0.253 e. The van der Waals surface area contributed by atoms with E-state index in [1.54, 1.807) is 36.9 Å². The molecule has 0 spiro atoms. The van der Waals surface area contributed by atoms with Gasteiger partial charge in [0.15, 0.2) is 0 Å². The van der Waals surface area contributed by atoms with Crippen molar-refractivity contribution in [3.63, 3.8) is 0 Å². The van der Waals surface area contributed by atoms with Crippen LogP contribution in [-0.2, 0) is 0 Å². The van der Waals surface area contributed by atoms with Crippen LogP contribution in [0.4, 0.5) is 0 Å². The summed E-state index contributed by atoms with van der Waals surface area (Å²) >= 11 is 0. The van der Waals surface area contributed by atoms with Gasteiger partial charge in [-0.2, -0.15) is 0 Å². The number of benzene rings is 1. The molecule has 0 radical (unpaired) electrons. The standard InChI is InChI=1S/C21H20N4O2/c26-21(16-8-10-22-11-9-16)25-12-4-5-17(15-25)19-13-23-14-20(24-19)27-18-6-2-1-3-7-18/h1-3,6-11,13-14,17H,4-5,12,15H2. The lowest BCUT2D eigenvalue weighted by Crippen LogP contribution is -2.39. The maximum Gasteiger partial charge on any atom is 0.253 e. The highest BCUT2D eigenvalue weighted by Crippen LogP contribution is 2.28. The number of amides is 1. The Labute approximate surface area is 157 Å². The van der Waals surface area contributed by atoms with Gasteiger partial charge in [-0.25, -0.2) is 4.98 Å². The maximum absolute atomic E-state index is 12.7. The number of hydrogen-bond donors (Lipinski definition) is 0. The van der Waals surface area contributed by atoms with Crippen molar-refractivity contribution >= 4 is 5.91 Å². The zero-order chi connectivity index (χ0) is 18.5. The average molecular weight is 360 g/mol. The summed E-state index contributed by atoms with van der Waals surface area (Å²) in [7, 11) is 0. The molecule has 3 aromatic rings. The quantitative estimate of drug-likeness (QED) is 0.710. The van der Waals surface area contributed by atoms with E-state index in [1.165, 1.54) is 0 Å². The zero-order valence-corrected chi connectivity index (χ0v) is 14.9. The van der Waals surface area contributed by atoms with E-state index >= 15 is 0 Å². The Kier molecular flexibility index (Phi) is 5.05. The second-order valence-electron chi connectivity index (χ2n) is 6.52. The fourth-order valence-corrected chi connectivity index (χ4v) is 3.30. The van der Waals surface area contributed by atoms with Crippen molar-refractivity contribution in [2.24, 2.45) is 0 Å². The number of pyridine rings is 1. The summed E-state index contributed by atoms with van der Waals surface area (Å²) in [5.41, 5.74) is 1.52. The molecular formula is C21H20N4O2. The number of aromatic nitrogens is 3. The summed E-state index contributed by atoms with van der Waals surface area (Å²) in [6, 6.07) is 13.0. The van der Waals surface area contributed by atoms with Gasteiger partial charge in [0.05, 0.1) is 11.9 Å². The van der Waals surface area contributed by atoms with Gasteiger partial charge < -0.3 is 9.64 Å². The van der Waals surface area contributed by atoms with Crippen LogP contribution in [0.25, 0.3) is 0 Å². The molecule has 2 aromatic heterocycles. The summed E-state index contributed by atoms with van der Waals surface area (Å²) < 4.78 is 5.79. The molecule has 6 heteroatoms. The number of piperidine rings is 1. The van der Waals surface area contributed by atoms with E-state index in [9.17, 15) is 4.79 Å². The minimum Gasteiger partial charge on any atom is -0.437 e. The van der Waals surface area contributed by atoms with Crippen LogP contribution in [0, 0.1) is 0 Å². The largest absolute Gasteiger partial charge is 0.437 e. The van der Waals surface area contributed by atoms with Crippen LogP contribution in [0.2, 0.25) is 0 Å². The lowest BCUT2D eigenvalue weighted by Gasteiger charge is -2.32. The van der Waals surface area contributed by atoms with Crippen LogP contribution >= 0.6 is 0 Å². The lowest BCUT2D eigenvalue weighted by atomic mass is 9.94. The SMILES string of the molecule is O=C(c1ccncc1)N1CCCC(c2cncc(Oc3ccccc3)n2)C1. The van der Waals surface area contributed by atoms with Gasteiger partial charge in [0.1, 0.15) is 5.75 Å². The monoisotopic (exact) mass is 360 g/mol. The third-order valence-corrected chi connectivity index (χ3v) is 4.65. The number of para-hydroxylation sites is 1. The Balaban J connectivity index is 1.48. The molecule has 27 heavy (non-hydrogen) atoms. The van der Waals surface area contributed by atoms with Crippen LogP contribution in [0.1, 0.15) is 34.8 Å². The summed E-state index contributed by atoms with van der Waals surface area (Å²) in [5, 5.41) is 0. The van der Waals surface area contributed by atoms with Crippen LogP contribution in [-0.4, -0.2) is 38.8 Å². The molecule has 0 N–H and O–H groups in total. The van der Waals surface area contributed by atoms with Gasteiger partial charge in [0.25, 0.3) is 5.91 Å². The van der Waals surface area contributed by atoms with Gasteiger partial charge in [-0.1, -0.05) is 18.2 Å². The van der Waals surface area contributed by atoms with Crippen molar-refractivity contribution in [3.8, 4) is 11.6 Å². The molecule has 1 amide bonds. The molecule has 1 aliphatic rings. The molecule has 1 saturated heterocycles. The molecule has 1 aliphatic heterocycles. The molecule has 0 aliphatic carbocycles. The van der Waals surface area contributed by atoms with Crippen LogP contribution in [0.3, 0.4) is 0 Å². The predicted molar refractivity (Wildman–Crippen MR) is 101 cm³/mol. The highest BCUT2D eigenvalue weighted by molar-refractivity contribution is 5.94. The number of likely N-dealkylation sites (tertiary alicyclic amines) is 1. The molecule has 6 nitrogen and oxygen atoms in total. The topological polar surface area (TPSA) is 68.2 Å².